The van der Waals surface area contributed by atoms with Crippen molar-refractivity contribution in [3.8, 4) is 0 Å². The number of aromatic nitrogens is 2. The molecule has 1 heterocycles. The summed E-state index contributed by atoms with van der Waals surface area (Å²) in [6.45, 7) is 6.00. The molecule has 1 N–H and O–H groups in total. The molecule has 0 aliphatic heterocycles. The highest BCUT2D eigenvalue weighted by Gasteiger charge is 2.12. The summed E-state index contributed by atoms with van der Waals surface area (Å²) in [5.74, 6) is -0.954. The number of hydrogen-bond acceptors (Lipinski definition) is 3. The van der Waals surface area contributed by atoms with Crippen molar-refractivity contribution in [1.82, 2.24) is 9.78 Å². The maximum absolute atomic E-state index is 10.6. The lowest BCUT2D eigenvalue weighted by Gasteiger charge is -2.12. The summed E-state index contributed by atoms with van der Waals surface area (Å²) in [5, 5.41) is 13.1. The Kier molecular flexibility index (Phi) is 5.15. The molecule has 0 spiro atoms. The number of ether oxygens (including phenoxy) is 1. The maximum atomic E-state index is 10.6. The minimum atomic E-state index is -0.954. The molecule has 17 heavy (non-hydrogen) atoms. The molecule has 5 nitrogen and oxygen atoms in total. The van der Waals surface area contributed by atoms with Crippen LogP contribution >= 0.6 is 0 Å². The molecule has 0 unspecified atom stereocenters. The normalized spacial score (nSPS) is 12.9. The summed E-state index contributed by atoms with van der Waals surface area (Å²) in [6.07, 6.45) is 3.18. The van der Waals surface area contributed by atoms with Crippen LogP contribution in [0.15, 0.2) is 12.3 Å². The highest BCUT2D eigenvalue weighted by atomic mass is 16.5. The van der Waals surface area contributed by atoms with E-state index >= 15 is 0 Å². The number of aliphatic carboxylic acids is 1. The summed E-state index contributed by atoms with van der Waals surface area (Å²) in [7, 11) is 0. The number of carbonyl (C=O) groups is 1. The Morgan fingerprint density at radius 1 is 1.53 bits per heavy atom. The third-order valence-corrected chi connectivity index (χ3v) is 2.81. The standard InChI is InChI=1S/C12H20N2O3/c1-4-11(5-2)14-7-6-10(13-14)8-17-9(3)12(15)16/h6-7,9,11H,4-5,8H2,1-3H3,(H,15,16)/t9-/m1/s1. The maximum Gasteiger partial charge on any atom is 0.332 e. The minimum Gasteiger partial charge on any atom is -0.479 e. The zero-order valence-corrected chi connectivity index (χ0v) is 10.6. The molecule has 96 valence electrons. The molecule has 1 aromatic rings. The predicted octanol–water partition coefficient (Wildman–Crippen LogP) is 2.23. The van der Waals surface area contributed by atoms with Crippen LogP contribution in [0.5, 0.6) is 0 Å². The Morgan fingerprint density at radius 3 is 2.71 bits per heavy atom. The smallest absolute Gasteiger partial charge is 0.332 e. The third kappa shape index (κ3) is 3.85. The van der Waals surface area contributed by atoms with Gasteiger partial charge in [0.1, 0.15) is 0 Å². The summed E-state index contributed by atoms with van der Waals surface area (Å²) in [6, 6.07) is 2.27. The van der Waals surface area contributed by atoms with Crippen LogP contribution in [0.25, 0.3) is 0 Å². The van der Waals surface area contributed by atoms with E-state index in [4.69, 9.17) is 9.84 Å². The van der Waals surface area contributed by atoms with Gasteiger partial charge in [-0.05, 0) is 25.8 Å². The second-order valence-corrected chi connectivity index (χ2v) is 4.05. The molecule has 0 bridgehead atoms. The molecular formula is C12H20N2O3. The van der Waals surface area contributed by atoms with E-state index in [1.807, 2.05) is 16.9 Å². The van der Waals surface area contributed by atoms with Crippen molar-refractivity contribution in [2.45, 2.75) is 52.4 Å². The van der Waals surface area contributed by atoms with Gasteiger partial charge >= 0.3 is 5.97 Å². The SMILES string of the molecule is CCC(CC)n1ccc(CO[C@H](C)C(=O)O)n1. The van der Waals surface area contributed by atoms with Crippen LogP contribution in [0.4, 0.5) is 0 Å². The molecule has 5 heteroatoms. The Morgan fingerprint density at radius 2 is 2.18 bits per heavy atom. The van der Waals surface area contributed by atoms with Gasteiger partial charge in [-0.1, -0.05) is 13.8 Å². The van der Waals surface area contributed by atoms with Crippen LogP contribution in [0, 0.1) is 0 Å². The molecule has 0 saturated carbocycles. The van der Waals surface area contributed by atoms with Gasteiger partial charge in [-0.2, -0.15) is 5.10 Å². The Bertz CT molecular complexity index is 358. The van der Waals surface area contributed by atoms with E-state index in [-0.39, 0.29) is 6.61 Å². The number of nitrogens with zero attached hydrogens (tertiary/aromatic N) is 2. The quantitative estimate of drug-likeness (QED) is 0.793. The number of carboxylic acid groups (broad SMARTS) is 1. The summed E-state index contributed by atoms with van der Waals surface area (Å²) in [5.41, 5.74) is 0.769. The zero-order valence-electron chi connectivity index (χ0n) is 10.6. The molecule has 1 aromatic heterocycles. The highest BCUT2D eigenvalue weighted by Crippen LogP contribution is 2.14. The Labute approximate surface area is 101 Å². The van der Waals surface area contributed by atoms with E-state index < -0.39 is 12.1 Å². The first-order valence-corrected chi connectivity index (χ1v) is 5.96. The van der Waals surface area contributed by atoms with Crippen molar-refractivity contribution in [1.29, 1.82) is 0 Å². The van der Waals surface area contributed by atoms with Crippen molar-refractivity contribution >= 4 is 5.97 Å². The average molecular weight is 240 g/mol. The lowest BCUT2D eigenvalue weighted by atomic mass is 10.2. The average Bonchev–Trinajstić information content (AvgIpc) is 2.76. The topological polar surface area (TPSA) is 64.3 Å². The summed E-state index contributed by atoms with van der Waals surface area (Å²) < 4.78 is 7.10. The Hall–Kier alpha value is -1.36. The van der Waals surface area contributed by atoms with Crippen molar-refractivity contribution < 1.29 is 14.6 Å². The first-order valence-electron chi connectivity index (χ1n) is 5.96. The van der Waals surface area contributed by atoms with Gasteiger partial charge < -0.3 is 9.84 Å². The van der Waals surface area contributed by atoms with E-state index in [9.17, 15) is 4.79 Å². The van der Waals surface area contributed by atoms with Crippen molar-refractivity contribution in [2.75, 3.05) is 0 Å². The van der Waals surface area contributed by atoms with Gasteiger partial charge in [-0.15, -0.1) is 0 Å². The fraction of sp³-hybridized carbons (Fsp3) is 0.667. The van der Waals surface area contributed by atoms with Crippen LogP contribution in [0.3, 0.4) is 0 Å². The fourth-order valence-electron chi connectivity index (χ4n) is 1.60. The monoisotopic (exact) mass is 240 g/mol. The zero-order chi connectivity index (χ0) is 12.8. The lowest BCUT2D eigenvalue weighted by Crippen LogP contribution is -2.19. The molecule has 0 aliphatic carbocycles. The summed E-state index contributed by atoms with van der Waals surface area (Å²) in [4.78, 5) is 10.6. The molecule has 0 radical (unpaired) electrons. The second-order valence-electron chi connectivity index (χ2n) is 4.05. The van der Waals surface area contributed by atoms with Gasteiger partial charge in [-0.3, -0.25) is 4.68 Å². The first kappa shape index (κ1) is 13.7. The largest absolute Gasteiger partial charge is 0.479 e. The molecular weight excluding hydrogens is 220 g/mol. The molecule has 0 aromatic carbocycles. The van der Waals surface area contributed by atoms with E-state index in [1.54, 1.807) is 0 Å². The molecule has 0 amide bonds. The van der Waals surface area contributed by atoms with Crippen molar-refractivity contribution in [3.05, 3.63) is 18.0 Å². The van der Waals surface area contributed by atoms with Crippen LogP contribution in [-0.4, -0.2) is 27.0 Å². The first-order chi connectivity index (χ1) is 8.08. The van der Waals surface area contributed by atoms with Crippen LogP contribution in [0.2, 0.25) is 0 Å². The number of carboxylic acids is 1. The molecule has 1 atom stereocenters. The molecule has 0 saturated heterocycles. The molecule has 1 rings (SSSR count). The van der Waals surface area contributed by atoms with Gasteiger partial charge in [-0.25, -0.2) is 4.79 Å². The molecule has 0 fully saturated rings. The van der Waals surface area contributed by atoms with Gasteiger partial charge in [0.05, 0.1) is 18.3 Å². The number of hydrogen-bond donors (Lipinski definition) is 1. The van der Waals surface area contributed by atoms with E-state index in [0.717, 1.165) is 18.5 Å². The molecule has 0 aliphatic rings. The minimum absolute atomic E-state index is 0.237. The van der Waals surface area contributed by atoms with Crippen molar-refractivity contribution in [3.63, 3.8) is 0 Å². The Balaban J connectivity index is 2.54. The lowest BCUT2D eigenvalue weighted by molar-refractivity contribution is -0.149. The van der Waals surface area contributed by atoms with E-state index in [0.29, 0.717) is 6.04 Å². The highest BCUT2D eigenvalue weighted by molar-refractivity contribution is 5.71. The summed E-state index contributed by atoms with van der Waals surface area (Å²) >= 11 is 0. The second kappa shape index (κ2) is 6.39. The predicted molar refractivity (Wildman–Crippen MR) is 63.7 cm³/mol. The van der Waals surface area contributed by atoms with Gasteiger partial charge in [0.15, 0.2) is 6.10 Å². The van der Waals surface area contributed by atoms with Crippen molar-refractivity contribution in [2.24, 2.45) is 0 Å². The van der Waals surface area contributed by atoms with Crippen LogP contribution < -0.4 is 0 Å². The van der Waals surface area contributed by atoms with E-state index in [2.05, 4.69) is 18.9 Å². The third-order valence-electron chi connectivity index (χ3n) is 2.81. The van der Waals surface area contributed by atoms with E-state index in [1.165, 1.54) is 6.92 Å². The van der Waals surface area contributed by atoms with Crippen LogP contribution in [0.1, 0.15) is 45.3 Å². The van der Waals surface area contributed by atoms with Gasteiger partial charge in [0, 0.05) is 6.20 Å². The number of rotatable bonds is 7. The fourth-order valence-corrected chi connectivity index (χ4v) is 1.60. The van der Waals surface area contributed by atoms with Crippen LogP contribution in [-0.2, 0) is 16.1 Å². The van der Waals surface area contributed by atoms with Gasteiger partial charge in [0.2, 0.25) is 0 Å². The van der Waals surface area contributed by atoms with Gasteiger partial charge in [0.25, 0.3) is 0 Å².